The van der Waals surface area contributed by atoms with Gasteiger partial charge in [0.2, 0.25) is 5.91 Å². The second-order valence-corrected chi connectivity index (χ2v) is 9.61. The zero-order valence-electron chi connectivity index (χ0n) is 18.5. The van der Waals surface area contributed by atoms with E-state index >= 15 is 0 Å². The van der Waals surface area contributed by atoms with Crippen molar-refractivity contribution >= 4 is 29.3 Å². The predicted octanol–water partition coefficient (Wildman–Crippen LogP) is 4.80. The minimum absolute atomic E-state index is 0.0415. The molecule has 2 aromatic rings. The van der Waals surface area contributed by atoms with E-state index in [1.165, 1.54) is 5.56 Å². The van der Waals surface area contributed by atoms with Crippen molar-refractivity contribution in [3.8, 4) is 0 Å². The van der Waals surface area contributed by atoms with Crippen LogP contribution in [0.3, 0.4) is 0 Å². The lowest BCUT2D eigenvalue weighted by atomic mass is 10.0. The first kappa shape index (κ1) is 23.4. The molecule has 0 saturated carbocycles. The van der Waals surface area contributed by atoms with Gasteiger partial charge < -0.3 is 15.4 Å². The molecule has 0 radical (unpaired) electrons. The summed E-state index contributed by atoms with van der Waals surface area (Å²) >= 11 is 1.95. The number of aryl methyl sites for hydroxylation is 1. The molecule has 31 heavy (non-hydrogen) atoms. The van der Waals surface area contributed by atoms with Gasteiger partial charge in [-0.3, -0.25) is 9.59 Å². The first-order chi connectivity index (χ1) is 14.9. The van der Waals surface area contributed by atoms with Gasteiger partial charge in [-0.15, -0.1) is 0 Å². The van der Waals surface area contributed by atoms with Gasteiger partial charge in [-0.2, -0.15) is 11.8 Å². The van der Waals surface area contributed by atoms with Gasteiger partial charge in [-0.25, -0.2) is 0 Å². The highest BCUT2D eigenvalue weighted by Gasteiger charge is 2.25. The number of amides is 2. The number of carbonyl (C=O) groups excluding carboxylic acids is 2. The molecule has 0 aliphatic carbocycles. The van der Waals surface area contributed by atoms with Gasteiger partial charge in [0.05, 0.1) is 0 Å². The standard InChI is InChI=1S/C25H32N2O3S/c1-17(2)23(27-24(28)22-10-5-4-7-18(22)3)25(29)26-20-9-6-8-19(15-20)16-31-21-11-13-30-14-12-21/h4-10,15,17,21,23H,11-14,16H2,1-3H3,(H,26,29)(H,27,28). The van der Waals surface area contributed by atoms with Gasteiger partial charge in [0.1, 0.15) is 6.04 Å². The van der Waals surface area contributed by atoms with Gasteiger partial charge in [0.15, 0.2) is 0 Å². The summed E-state index contributed by atoms with van der Waals surface area (Å²) in [5.41, 5.74) is 3.41. The Morgan fingerprint density at radius 2 is 1.84 bits per heavy atom. The van der Waals surface area contributed by atoms with Gasteiger partial charge in [0.25, 0.3) is 5.91 Å². The van der Waals surface area contributed by atoms with Crippen molar-refractivity contribution in [2.45, 2.75) is 50.7 Å². The van der Waals surface area contributed by atoms with Crippen molar-refractivity contribution in [1.82, 2.24) is 5.32 Å². The zero-order chi connectivity index (χ0) is 22.2. The molecule has 1 heterocycles. The number of hydrogen-bond donors (Lipinski definition) is 2. The average molecular weight is 441 g/mol. The molecule has 3 rings (SSSR count). The smallest absolute Gasteiger partial charge is 0.252 e. The quantitative estimate of drug-likeness (QED) is 0.619. The summed E-state index contributed by atoms with van der Waals surface area (Å²) in [7, 11) is 0. The van der Waals surface area contributed by atoms with E-state index in [0.29, 0.717) is 10.8 Å². The number of rotatable bonds is 8. The van der Waals surface area contributed by atoms with Crippen LogP contribution in [0.2, 0.25) is 0 Å². The average Bonchev–Trinajstić information content (AvgIpc) is 2.77. The summed E-state index contributed by atoms with van der Waals surface area (Å²) in [6, 6.07) is 14.7. The Balaban J connectivity index is 1.61. The molecular weight excluding hydrogens is 408 g/mol. The molecule has 0 spiro atoms. The molecule has 1 unspecified atom stereocenters. The van der Waals surface area contributed by atoms with Crippen LogP contribution < -0.4 is 10.6 Å². The molecule has 5 nitrogen and oxygen atoms in total. The maximum atomic E-state index is 13.0. The highest BCUT2D eigenvalue weighted by Crippen LogP contribution is 2.26. The Hall–Kier alpha value is -2.31. The fraction of sp³-hybridized carbons (Fsp3) is 0.440. The van der Waals surface area contributed by atoms with Gasteiger partial charge in [0, 0.05) is 35.5 Å². The number of thioether (sulfide) groups is 1. The summed E-state index contributed by atoms with van der Waals surface area (Å²) in [6.07, 6.45) is 2.19. The van der Waals surface area contributed by atoms with Crippen molar-refractivity contribution in [1.29, 1.82) is 0 Å². The van der Waals surface area contributed by atoms with Crippen molar-refractivity contribution in [3.05, 3.63) is 65.2 Å². The van der Waals surface area contributed by atoms with E-state index in [0.717, 1.165) is 43.1 Å². The lowest BCUT2D eigenvalue weighted by Crippen LogP contribution is -2.47. The maximum absolute atomic E-state index is 13.0. The zero-order valence-corrected chi connectivity index (χ0v) is 19.3. The maximum Gasteiger partial charge on any atom is 0.252 e. The molecule has 2 amide bonds. The minimum Gasteiger partial charge on any atom is -0.381 e. The van der Waals surface area contributed by atoms with Crippen LogP contribution >= 0.6 is 11.8 Å². The van der Waals surface area contributed by atoms with Crippen molar-refractivity contribution in [2.75, 3.05) is 18.5 Å². The third-order valence-electron chi connectivity index (χ3n) is 5.47. The lowest BCUT2D eigenvalue weighted by molar-refractivity contribution is -0.118. The number of carbonyl (C=O) groups is 2. The number of benzene rings is 2. The summed E-state index contributed by atoms with van der Waals surface area (Å²) in [5, 5.41) is 6.53. The van der Waals surface area contributed by atoms with E-state index in [-0.39, 0.29) is 17.7 Å². The molecule has 1 saturated heterocycles. The fourth-order valence-electron chi connectivity index (χ4n) is 3.60. The summed E-state index contributed by atoms with van der Waals surface area (Å²) < 4.78 is 5.43. The third-order valence-corrected chi connectivity index (χ3v) is 6.92. The van der Waals surface area contributed by atoms with Crippen LogP contribution in [0, 0.1) is 12.8 Å². The number of ether oxygens (including phenoxy) is 1. The first-order valence-corrected chi connectivity index (χ1v) is 11.9. The Morgan fingerprint density at radius 1 is 1.10 bits per heavy atom. The van der Waals surface area contributed by atoms with E-state index in [1.807, 2.05) is 68.9 Å². The second-order valence-electron chi connectivity index (χ2n) is 8.32. The van der Waals surface area contributed by atoms with Crippen molar-refractivity contribution in [2.24, 2.45) is 5.92 Å². The largest absolute Gasteiger partial charge is 0.381 e. The van der Waals surface area contributed by atoms with Crippen LogP contribution in [0.15, 0.2) is 48.5 Å². The molecule has 6 heteroatoms. The van der Waals surface area contributed by atoms with Crippen LogP contribution in [0.5, 0.6) is 0 Å². The molecule has 0 aromatic heterocycles. The van der Waals surface area contributed by atoms with Crippen molar-refractivity contribution in [3.63, 3.8) is 0 Å². The van der Waals surface area contributed by atoms with E-state index in [1.54, 1.807) is 6.07 Å². The second kappa shape index (κ2) is 11.3. The molecular formula is C25H32N2O3S. The SMILES string of the molecule is Cc1ccccc1C(=O)NC(C(=O)Nc1cccc(CSC2CCOCC2)c1)C(C)C. The monoisotopic (exact) mass is 440 g/mol. The van der Waals surface area contributed by atoms with Crippen LogP contribution in [0.1, 0.15) is 48.2 Å². The highest BCUT2D eigenvalue weighted by atomic mass is 32.2. The van der Waals surface area contributed by atoms with Gasteiger partial charge in [-0.05, 0) is 55.0 Å². The molecule has 1 aliphatic heterocycles. The van der Waals surface area contributed by atoms with E-state index in [9.17, 15) is 9.59 Å². The topological polar surface area (TPSA) is 67.4 Å². The summed E-state index contributed by atoms with van der Waals surface area (Å²) in [6.45, 7) is 7.45. The number of nitrogens with one attached hydrogen (secondary N) is 2. The predicted molar refractivity (Wildman–Crippen MR) is 127 cm³/mol. The van der Waals surface area contributed by atoms with Crippen molar-refractivity contribution < 1.29 is 14.3 Å². The Morgan fingerprint density at radius 3 is 2.55 bits per heavy atom. The third kappa shape index (κ3) is 6.84. The van der Waals surface area contributed by atoms with Gasteiger partial charge >= 0.3 is 0 Å². The van der Waals surface area contributed by atoms with Gasteiger partial charge in [-0.1, -0.05) is 44.2 Å². The normalized spacial score (nSPS) is 15.5. The summed E-state index contributed by atoms with van der Waals surface area (Å²) in [4.78, 5) is 25.7. The molecule has 1 aliphatic rings. The molecule has 1 fully saturated rings. The number of anilines is 1. The molecule has 166 valence electrons. The molecule has 0 bridgehead atoms. The van der Waals surface area contributed by atoms with E-state index in [2.05, 4.69) is 16.7 Å². The number of hydrogen-bond acceptors (Lipinski definition) is 4. The van der Waals surface area contributed by atoms with Crippen LogP contribution in [0.25, 0.3) is 0 Å². The molecule has 2 aromatic carbocycles. The Bertz CT molecular complexity index is 894. The molecule has 1 atom stereocenters. The minimum atomic E-state index is -0.618. The first-order valence-electron chi connectivity index (χ1n) is 10.9. The summed E-state index contributed by atoms with van der Waals surface area (Å²) in [5.74, 6) is 0.436. The van der Waals surface area contributed by atoms with Crippen LogP contribution in [-0.2, 0) is 15.3 Å². The Labute approximate surface area is 189 Å². The van der Waals surface area contributed by atoms with E-state index in [4.69, 9.17) is 4.74 Å². The van der Waals surface area contributed by atoms with Crippen LogP contribution in [-0.4, -0.2) is 36.3 Å². The fourth-order valence-corrected chi connectivity index (χ4v) is 4.73. The lowest BCUT2D eigenvalue weighted by Gasteiger charge is -2.23. The van der Waals surface area contributed by atoms with E-state index < -0.39 is 6.04 Å². The highest BCUT2D eigenvalue weighted by molar-refractivity contribution is 7.99. The van der Waals surface area contributed by atoms with Crippen LogP contribution in [0.4, 0.5) is 5.69 Å². The molecule has 2 N–H and O–H groups in total. The Kier molecular flexibility index (Phi) is 8.55.